The fraction of sp³-hybridized carbons (Fsp3) is 0.353. The van der Waals surface area contributed by atoms with E-state index in [1.54, 1.807) is 13.0 Å². The van der Waals surface area contributed by atoms with E-state index in [0.29, 0.717) is 12.2 Å². The number of halogens is 1. The maximum absolute atomic E-state index is 13.2. The quantitative estimate of drug-likeness (QED) is 0.851. The molecular formula is C17H20FN3O3. The highest BCUT2D eigenvalue weighted by atomic mass is 19.1. The Bertz CT molecular complexity index is 727. The van der Waals surface area contributed by atoms with Crippen LogP contribution in [0.3, 0.4) is 0 Å². The van der Waals surface area contributed by atoms with E-state index in [0.717, 1.165) is 6.07 Å². The lowest BCUT2D eigenvalue weighted by atomic mass is 10.0. The molecule has 7 heteroatoms. The first-order valence-corrected chi connectivity index (χ1v) is 7.65. The Morgan fingerprint density at radius 2 is 2.04 bits per heavy atom. The molecule has 2 aromatic rings. The van der Waals surface area contributed by atoms with Crippen molar-refractivity contribution in [3.63, 3.8) is 0 Å². The first-order valence-electron chi connectivity index (χ1n) is 7.65. The van der Waals surface area contributed by atoms with Gasteiger partial charge in [0, 0.05) is 11.6 Å². The number of benzene rings is 1. The second kappa shape index (κ2) is 7.72. The number of hydrogen-bond acceptors (Lipinski definition) is 4. The molecule has 0 bridgehead atoms. The second-order valence-corrected chi connectivity index (χ2v) is 5.98. The van der Waals surface area contributed by atoms with Gasteiger partial charge in [0.15, 0.2) is 5.82 Å². The zero-order valence-corrected chi connectivity index (χ0v) is 13.8. The van der Waals surface area contributed by atoms with Crippen LogP contribution in [0, 0.1) is 18.7 Å². The number of aromatic nitrogens is 1. The zero-order chi connectivity index (χ0) is 17.7. The van der Waals surface area contributed by atoms with E-state index in [9.17, 15) is 14.0 Å². The van der Waals surface area contributed by atoms with Gasteiger partial charge >= 0.3 is 0 Å². The van der Waals surface area contributed by atoms with E-state index in [1.807, 2.05) is 13.8 Å². The van der Waals surface area contributed by atoms with Gasteiger partial charge in [-0.25, -0.2) is 4.39 Å². The van der Waals surface area contributed by atoms with Crippen LogP contribution >= 0.6 is 0 Å². The molecular weight excluding hydrogens is 313 g/mol. The van der Waals surface area contributed by atoms with E-state index < -0.39 is 23.7 Å². The highest BCUT2D eigenvalue weighted by Gasteiger charge is 2.23. The maximum Gasteiger partial charge on any atom is 0.252 e. The lowest BCUT2D eigenvalue weighted by Gasteiger charge is -2.19. The number of anilines is 1. The summed E-state index contributed by atoms with van der Waals surface area (Å²) in [7, 11) is 0. The molecule has 128 valence electrons. The molecule has 0 radical (unpaired) electrons. The Hall–Kier alpha value is -2.70. The molecule has 0 unspecified atom stereocenters. The van der Waals surface area contributed by atoms with Crippen LogP contribution in [-0.4, -0.2) is 23.0 Å². The molecule has 1 atom stereocenters. The monoisotopic (exact) mass is 333 g/mol. The molecule has 0 spiro atoms. The highest BCUT2D eigenvalue weighted by molar-refractivity contribution is 6.00. The fourth-order valence-electron chi connectivity index (χ4n) is 2.21. The van der Waals surface area contributed by atoms with Gasteiger partial charge in [-0.2, -0.15) is 0 Å². The summed E-state index contributed by atoms with van der Waals surface area (Å²) in [6.07, 6.45) is 0.434. The summed E-state index contributed by atoms with van der Waals surface area (Å²) < 4.78 is 18.1. The number of aryl methyl sites for hydroxylation is 1. The molecule has 0 aliphatic carbocycles. The van der Waals surface area contributed by atoms with Crippen molar-refractivity contribution < 1.29 is 18.5 Å². The number of rotatable bonds is 6. The molecule has 2 N–H and O–H groups in total. The summed E-state index contributed by atoms with van der Waals surface area (Å²) in [5.74, 6) is -0.396. The topological polar surface area (TPSA) is 84.2 Å². The third-order valence-corrected chi connectivity index (χ3v) is 3.29. The van der Waals surface area contributed by atoms with Crippen LogP contribution < -0.4 is 10.6 Å². The Morgan fingerprint density at radius 1 is 1.29 bits per heavy atom. The first kappa shape index (κ1) is 17.7. The number of carbonyl (C=O) groups excluding carboxylic acids is 2. The van der Waals surface area contributed by atoms with Crippen LogP contribution in [0.1, 0.15) is 36.4 Å². The van der Waals surface area contributed by atoms with Crippen LogP contribution in [0.4, 0.5) is 10.2 Å². The Kier molecular flexibility index (Phi) is 5.68. The minimum Gasteiger partial charge on any atom is -0.360 e. The van der Waals surface area contributed by atoms with E-state index in [4.69, 9.17) is 4.52 Å². The molecule has 2 rings (SSSR count). The van der Waals surface area contributed by atoms with E-state index in [1.165, 1.54) is 18.2 Å². The van der Waals surface area contributed by atoms with E-state index >= 15 is 0 Å². The molecule has 0 aliphatic heterocycles. The third kappa shape index (κ3) is 4.91. The lowest BCUT2D eigenvalue weighted by molar-refractivity contribution is -0.118. The predicted molar refractivity (Wildman–Crippen MR) is 87.0 cm³/mol. The second-order valence-electron chi connectivity index (χ2n) is 5.98. The van der Waals surface area contributed by atoms with Gasteiger partial charge in [-0.05, 0) is 37.5 Å². The van der Waals surface area contributed by atoms with Crippen molar-refractivity contribution in [2.45, 2.75) is 33.2 Å². The summed E-state index contributed by atoms with van der Waals surface area (Å²) in [4.78, 5) is 24.7. The number of amides is 2. The molecule has 24 heavy (non-hydrogen) atoms. The molecule has 0 fully saturated rings. The average molecular weight is 333 g/mol. The van der Waals surface area contributed by atoms with Gasteiger partial charge in [0.25, 0.3) is 5.91 Å². The van der Waals surface area contributed by atoms with Gasteiger partial charge in [-0.15, -0.1) is 0 Å². The maximum atomic E-state index is 13.2. The summed E-state index contributed by atoms with van der Waals surface area (Å²) in [5, 5.41) is 8.94. The lowest BCUT2D eigenvalue weighted by Crippen LogP contribution is -2.44. The van der Waals surface area contributed by atoms with Crippen LogP contribution in [0.15, 0.2) is 34.9 Å². The van der Waals surface area contributed by atoms with Crippen molar-refractivity contribution in [1.29, 1.82) is 0 Å². The molecule has 1 heterocycles. The van der Waals surface area contributed by atoms with Crippen molar-refractivity contribution in [1.82, 2.24) is 10.5 Å². The van der Waals surface area contributed by atoms with E-state index in [-0.39, 0.29) is 17.3 Å². The zero-order valence-electron chi connectivity index (χ0n) is 13.8. The minimum atomic E-state index is -0.766. The highest BCUT2D eigenvalue weighted by Crippen LogP contribution is 2.12. The minimum absolute atomic E-state index is 0.161. The molecule has 1 aromatic heterocycles. The number of hydrogen-bond donors (Lipinski definition) is 2. The molecule has 0 aliphatic rings. The predicted octanol–water partition coefficient (Wildman–Crippen LogP) is 2.91. The molecule has 2 amide bonds. The van der Waals surface area contributed by atoms with Crippen LogP contribution in [0.5, 0.6) is 0 Å². The van der Waals surface area contributed by atoms with Gasteiger partial charge in [-0.3, -0.25) is 9.59 Å². The molecule has 1 aromatic carbocycles. The average Bonchev–Trinajstić information content (AvgIpc) is 2.91. The van der Waals surface area contributed by atoms with Gasteiger partial charge in [0.2, 0.25) is 5.91 Å². The smallest absolute Gasteiger partial charge is 0.252 e. The SMILES string of the molecule is Cc1cc(NC(=O)[C@H](CC(C)C)NC(=O)c2cccc(F)c2)no1. The van der Waals surface area contributed by atoms with Crippen LogP contribution in [-0.2, 0) is 4.79 Å². The molecule has 0 saturated carbocycles. The van der Waals surface area contributed by atoms with Crippen LogP contribution in [0.25, 0.3) is 0 Å². The van der Waals surface area contributed by atoms with Crippen molar-refractivity contribution in [3.8, 4) is 0 Å². The van der Waals surface area contributed by atoms with Gasteiger partial charge in [0.05, 0.1) is 0 Å². The van der Waals surface area contributed by atoms with Crippen LogP contribution in [0.2, 0.25) is 0 Å². The standard InChI is InChI=1S/C17H20FN3O3/c1-10(2)7-14(17(23)20-15-8-11(3)24-21-15)19-16(22)12-5-4-6-13(18)9-12/h4-6,8-10,14H,7H2,1-3H3,(H,19,22)(H,20,21,23)/t14-/m0/s1. The normalized spacial score (nSPS) is 12.0. The molecule has 0 saturated heterocycles. The Labute approximate surface area is 139 Å². The Balaban J connectivity index is 2.09. The van der Waals surface area contributed by atoms with Crippen molar-refractivity contribution in [2.75, 3.05) is 5.32 Å². The van der Waals surface area contributed by atoms with Gasteiger partial charge in [-0.1, -0.05) is 25.1 Å². The van der Waals surface area contributed by atoms with Gasteiger partial charge < -0.3 is 15.2 Å². The largest absolute Gasteiger partial charge is 0.360 e. The summed E-state index contributed by atoms with van der Waals surface area (Å²) in [5.41, 5.74) is 0.161. The number of nitrogens with one attached hydrogen (secondary N) is 2. The number of carbonyl (C=O) groups is 2. The Morgan fingerprint density at radius 3 is 2.62 bits per heavy atom. The van der Waals surface area contributed by atoms with Crippen molar-refractivity contribution in [2.24, 2.45) is 5.92 Å². The van der Waals surface area contributed by atoms with Crippen molar-refractivity contribution in [3.05, 3.63) is 47.5 Å². The molecule has 6 nitrogen and oxygen atoms in total. The van der Waals surface area contributed by atoms with Gasteiger partial charge in [0.1, 0.15) is 17.6 Å². The third-order valence-electron chi connectivity index (χ3n) is 3.29. The first-order chi connectivity index (χ1) is 11.3. The van der Waals surface area contributed by atoms with Crippen molar-refractivity contribution >= 4 is 17.6 Å². The summed E-state index contributed by atoms with van der Waals surface area (Å²) >= 11 is 0. The van der Waals surface area contributed by atoms with E-state index in [2.05, 4.69) is 15.8 Å². The number of nitrogens with zero attached hydrogens (tertiary/aromatic N) is 1. The fourth-order valence-corrected chi connectivity index (χ4v) is 2.21. The summed E-state index contributed by atoms with van der Waals surface area (Å²) in [6.45, 7) is 5.59. The summed E-state index contributed by atoms with van der Waals surface area (Å²) in [6, 6.07) is 6.13.